The Morgan fingerprint density at radius 2 is 0.926 bits per heavy atom. The number of aryl methyl sites for hydroxylation is 7. The lowest BCUT2D eigenvalue weighted by molar-refractivity contribution is -0.660. The second-order valence-electron chi connectivity index (χ2n) is 17.2. The molecule has 1 atom stereocenters. The van der Waals surface area contributed by atoms with Gasteiger partial charge < -0.3 is 0 Å². The van der Waals surface area contributed by atoms with Crippen molar-refractivity contribution in [3.8, 4) is 67.5 Å². The topological polar surface area (TPSA) is 63.2 Å². The van der Waals surface area contributed by atoms with Gasteiger partial charge in [0.15, 0.2) is 18.6 Å². The second kappa shape index (κ2) is 22.3. The summed E-state index contributed by atoms with van der Waals surface area (Å²) in [5.74, 6) is -2.26. The minimum Gasteiger partial charge on any atom is -0.253 e. The first-order chi connectivity index (χ1) is 35.4. The van der Waals surface area contributed by atoms with Gasteiger partial charge in [0.25, 0.3) is 0 Å². The maximum Gasteiger partial charge on any atom is 0.213 e. The van der Waals surface area contributed by atoms with Gasteiger partial charge in [0, 0.05) is 97.0 Å². The van der Waals surface area contributed by atoms with Gasteiger partial charge in [-0.25, -0.2) is 23.7 Å². The molecule has 1 unspecified atom stereocenters. The molecule has 3 aromatic carbocycles. The van der Waals surface area contributed by atoms with Gasteiger partial charge in [-0.2, -0.15) is 0 Å². The number of nitrogens with zero attached hydrogens (tertiary/aromatic N) is 7. The summed E-state index contributed by atoms with van der Waals surface area (Å²) in [5.41, 5.74) is 16.2. The fourth-order valence-electron chi connectivity index (χ4n) is 7.91. The first kappa shape index (κ1) is 39.6. The fourth-order valence-corrected chi connectivity index (χ4v) is 7.91. The van der Waals surface area contributed by atoms with E-state index in [0.29, 0.717) is 11.4 Å². The smallest absolute Gasteiger partial charge is 0.213 e. The van der Waals surface area contributed by atoms with Gasteiger partial charge in [-0.05, 0) is 111 Å². The molecule has 0 N–H and O–H groups in total. The van der Waals surface area contributed by atoms with Crippen LogP contribution in [0.1, 0.15) is 77.0 Å². The van der Waals surface area contributed by atoms with E-state index in [4.69, 9.17) is 9.60 Å². The highest BCUT2D eigenvalue weighted by molar-refractivity contribution is 5.70. The van der Waals surface area contributed by atoms with Crippen molar-refractivity contribution in [1.29, 1.82) is 0 Å². The molecular formula is C61H66N7+3. The Bertz CT molecular complexity index is 3310. The van der Waals surface area contributed by atoms with Crippen LogP contribution in [0.2, 0.25) is 0 Å². The Balaban J connectivity index is 0.000000165. The average Bonchev–Trinajstić information content (AvgIpc) is 3.37. The molecule has 0 bridgehead atoms. The molecule has 7 heteroatoms. The Kier molecular flexibility index (Phi) is 13.0. The predicted octanol–water partition coefficient (Wildman–Crippen LogP) is 12.7. The molecule has 342 valence electrons. The summed E-state index contributed by atoms with van der Waals surface area (Å²) >= 11 is 0. The van der Waals surface area contributed by atoms with Crippen LogP contribution in [-0.4, -0.2) is 19.9 Å². The highest BCUT2D eigenvalue weighted by Gasteiger charge is 2.17. The van der Waals surface area contributed by atoms with Crippen molar-refractivity contribution in [2.24, 2.45) is 27.0 Å². The van der Waals surface area contributed by atoms with Crippen LogP contribution < -0.4 is 13.7 Å². The molecule has 68 heavy (non-hydrogen) atoms. The zero-order valence-electron chi connectivity index (χ0n) is 47.9. The van der Waals surface area contributed by atoms with Gasteiger partial charge in [-0.1, -0.05) is 94.4 Å². The van der Waals surface area contributed by atoms with E-state index in [9.17, 15) is 0 Å². The molecule has 0 spiro atoms. The number of pyridine rings is 5. The van der Waals surface area contributed by atoms with Crippen LogP contribution in [-0.2, 0) is 27.5 Å². The van der Waals surface area contributed by atoms with Gasteiger partial charge >= 0.3 is 0 Å². The lowest BCUT2D eigenvalue weighted by Crippen LogP contribution is -2.30. The SMILES string of the molecule is Cc1nccc(-c2cc[n+](C)c(-c3ccccc3C)c2)n1.[2H]C(C)(C)C([2H])([2H])c1cccc(-c2cc[n+](C)c(-c3ccccc3C)c2)n1.[2H]C([2H])([2H])C([2H])(C)c1cccc(-c2cc[n+](C)c(-c3ccccc3C)c2)n1. The van der Waals surface area contributed by atoms with E-state index in [1.165, 1.54) is 34.9 Å². The van der Waals surface area contributed by atoms with Gasteiger partial charge in [-0.15, -0.1) is 0 Å². The molecule has 0 aliphatic rings. The lowest BCUT2D eigenvalue weighted by Gasteiger charge is -2.09. The largest absolute Gasteiger partial charge is 0.253 e. The Hall–Kier alpha value is -7.51. The summed E-state index contributed by atoms with van der Waals surface area (Å²) in [7, 11) is 6.07. The Labute approximate surface area is 414 Å². The Morgan fingerprint density at radius 1 is 0.500 bits per heavy atom. The number of aromatic nitrogens is 7. The summed E-state index contributed by atoms with van der Waals surface area (Å²) in [6, 6.07) is 49.7. The molecule has 0 saturated carbocycles. The molecular weight excluding hydrogens is 831 g/mol. The molecule has 9 rings (SSSR count). The van der Waals surface area contributed by atoms with Gasteiger partial charge in [0.05, 0.1) is 17.1 Å². The van der Waals surface area contributed by atoms with E-state index < -0.39 is 25.0 Å². The minimum absolute atomic E-state index is 0.241. The zero-order valence-corrected chi connectivity index (χ0v) is 40.9. The molecule has 0 saturated heterocycles. The van der Waals surface area contributed by atoms with E-state index in [0.717, 1.165) is 50.7 Å². The molecule has 9 aromatic rings. The molecule has 6 aromatic heterocycles. The summed E-state index contributed by atoms with van der Waals surface area (Å²) < 4.78 is 62.3. The zero-order chi connectivity index (χ0) is 54.5. The third kappa shape index (κ3) is 12.1. The number of hydrogen-bond acceptors (Lipinski definition) is 4. The molecule has 0 aliphatic carbocycles. The van der Waals surface area contributed by atoms with Crippen molar-refractivity contribution in [2.45, 2.75) is 67.6 Å². The third-order valence-corrected chi connectivity index (χ3v) is 11.6. The highest BCUT2D eigenvalue weighted by Crippen LogP contribution is 2.28. The van der Waals surface area contributed by atoms with Gasteiger partial charge in [-0.3, -0.25) is 9.97 Å². The van der Waals surface area contributed by atoms with Crippen LogP contribution >= 0.6 is 0 Å². The van der Waals surface area contributed by atoms with Crippen molar-refractivity contribution in [3.63, 3.8) is 0 Å². The lowest BCUT2D eigenvalue weighted by atomic mass is 10.0. The fraction of sp³-hybridized carbons (Fsp3) is 0.230. The summed E-state index contributed by atoms with van der Waals surface area (Å²) in [6.45, 7) is 10.3. The summed E-state index contributed by atoms with van der Waals surface area (Å²) in [5, 5.41) is 0. The number of rotatable bonds is 9. The van der Waals surface area contributed by atoms with Crippen LogP contribution in [0.3, 0.4) is 0 Å². The summed E-state index contributed by atoms with van der Waals surface area (Å²) in [6.07, 6.45) is 6.00. The average molecular weight is 904 g/mol. The minimum atomic E-state index is -2.45. The third-order valence-electron chi connectivity index (χ3n) is 11.6. The maximum absolute atomic E-state index is 8.33. The van der Waals surface area contributed by atoms with E-state index in [-0.39, 0.29) is 11.4 Å². The second-order valence-corrected chi connectivity index (χ2v) is 17.2. The molecule has 0 radical (unpaired) electrons. The first-order valence-electron chi connectivity index (χ1n) is 26.3. The van der Waals surface area contributed by atoms with Crippen molar-refractivity contribution >= 4 is 0 Å². The normalized spacial score (nSPS) is 13.8. The quantitative estimate of drug-likeness (QED) is 0.135. The standard InChI is InChI=1S/C22H25N2.C21H23N2.C18H18N3/c1-16(2)14-19-9-7-11-21(23-19)18-12-13-24(4)22(15-18)20-10-6-5-8-17(20)3;1-15(2)19-10-7-11-20(22-19)17-12-13-23(4)21(14-17)18-9-6-5-8-16(18)3;1-13-6-4-5-7-16(13)18-12-15(9-11-21(18)3)17-8-10-19-14(2)20-17/h5-13,15-16H,14H2,1-4H3;5-15H,1-4H3;4-12H,1-3H3/q3*+1/i14D2,16D;1D3,15D;. The predicted molar refractivity (Wildman–Crippen MR) is 278 cm³/mol. The Morgan fingerprint density at radius 3 is 1.35 bits per heavy atom. The first-order valence-corrected chi connectivity index (χ1v) is 22.8. The van der Waals surface area contributed by atoms with Crippen molar-refractivity contribution in [1.82, 2.24) is 19.9 Å². The molecule has 0 fully saturated rings. The molecule has 0 aliphatic heterocycles. The van der Waals surface area contributed by atoms with Gasteiger partial charge in [0.2, 0.25) is 17.1 Å². The van der Waals surface area contributed by atoms with Crippen molar-refractivity contribution in [2.75, 3.05) is 0 Å². The monoisotopic (exact) mass is 904 g/mol. The summed E-state index contributed by atoms with van der Waals surface area (Å²) in [4.78, 5) is 17.7. The van der Waals surface area contributed by atoms with Gasteiger partial charge in [0.1, 0.15) is 27.0 Å². The number of hydrogen-bond donors (Lipinski definition) is 0. The molecule has 0 amide bonds. The van der Waals surface area contributed by atoms with E-state index in [1.54, 1.807) is 38.2 Å². The van der Waals surface area contributed by atoms with E-state index in [1.807, 2.05) is 105 Å². The highest BCUT2D eigenvalue weighted by atomic mass is 14.9. The molecule has 6 heterocycles. The van der Waals surface area contributed by atoms with Crippen molar-refractivity contribution < 1.29 is 23.3 Å². The van der Waals surface area contributed by atoms with Crippen LogP contribution in [0.5, 0.6) is 0 Å². The number of benzene rings is 3. The van der Waals surface area contributed by atoms with Crippen molar-refractivity contribution in [3.05, 3.63) is 210 Å². The molecule has 7 nitrogen and oxygen atoms in total. The van der Waals surface area contributed by atoms with Crippen LogP contribution in [0, 0.1) is 33.6 Å². The van der Waals surface area contributed by atoms with Crippen LogP contribution in [0.15, 0.2) is 176 Å². The van der Waals surface area contributed by atoms with E-state index in [2.05, 4.69) is 130 Å². The van der Waals surface area contributed by atoms with E-state index >= 15 is 0 Å². The van der Waals surface area contributed by atoms with Crippen LogP contribution in [0.25, 0.3) is 67.5 Å². The van der Waals surface area contributed by atoms with Crippen LogP contribution in [0.4, 0.5) is 0 Å². The maximum atomic E-state index is 8.33.